The van der Waals surface area contributed by atoms with E-state index >= 15 is 0 Å². The number of likely N-dealkylation sites (N-methyl/N-ethyl adjacent to an activating group) is 1. The van der Waals surface area contributed by atoms with Crippen LogP contribution in [0.15, 0.2) is 12.1 Å². The number of rotatable bonds is 8. The van der Waals surface area contributed by atoms with Gasteiger partial charge >= 0.3 is 0 Å². The van der Waals surface area contributed by atoms with Gasteiger partial charge in [0.05, 0.1) is 25.1 Å². The minimum Gasteiger partial charge on any atom is -0.489 e. The quantitative estimate of drug-likeness (QED) is 0.305. The molecule has 3 aliphatic rings. The lowest BCUT2D eigenvalue weighted by Crippen LogP contribution is -2.50. The summed E-state index contributed by atoms with van der Waals surface area (Å²) in [6.45, 7) is 10.6. The molecule has 0 amide bonds. The van der Waals surface area contributed by atoms with Crippen molar-refractivity contribution in [2.45, 2.75) is 70.9 Å². The number of aliphatic hydroxyl groups is 1. The summed E-state index contributed by atoms with van der Waals surface area (Å²) in [6, 6.07) is 6.70. The molecule has 1 aliphatic heterocycles. The van der Waals surface area contributed by atoms with E-state index in [0.717, 1.165) is 62.4 Å². The first-order valence-corrected chi connectivity index (χ1v) is 13.6. The molecule has 1 aromatic rings. The summed E-state index contributed by atoms with van der Waals surface area (Å²) in [4.78, 5) is 19.8. The van der Waals surface area contributed by atoms with E-state index in [-0.39, 0.29) is 12.3 Å². The minimum absolute atomic E-state index is 0.0897. The molecule has 2 heterocycles. The number of carbonyl (C=O) groups is 1. The Labute approximate surface area is 223 Å². The first-order valence-electron chi connectivity index (χ1n) is 13.6. The van der Waals surface area contributed by atoms with Crippen LogP contribution in [0.4, 0.5) is 5.82 Å². The van der Waals surface area contributed by atoms with Crippen LogP contribution in [0.25, 0.3) is 0 Å². The average Bonchev–Trinajstić information content (AvgIpc) is 3.68. The van der Waals surface area contributed by atoms with Crippen LogP contribution >= 0.6 is 0 Å². The van der Waals surface area contributed by atoms with Gasteiger partial charge in [-0.25, -0.2) is 4.98 Å². The molecule has 208 valence electrons. The number of aryl methyl sites for hydroxylation is 1. The molecule has 37 heavy (non-hydrogen) atoms. The van der Waals surface area contributed by atoms with Gasteiger partial charge in [0, 0.05) is 38.7 Å². The van der Waals surface area contributed by atoms with Crippen LogP contribution in [-0.2, 0) is 9.53 Å². The summed E-state index contributed by atoms with van der Waals surface area (Å²) in [5.41, 5.74) is 0.583. The van der Waals surface area contributed by atoms with Crippen molar-refractivity contribution in [3.8, 4) is 11.8 Å². The van der Waals surface area contributed by atoms with Gasteiger partial charge in [-0.2, -0.15) is 5.26 Å². The molecule has 4 rings (SSSR count). The third-order valence-corrected chi connectivity index (χ3v) is 7.59. The average molecular weight is 518 g/mol. The fourth-order valence-electron chi connectivity index (χ4n) is 4.51. The van der Waals surface area contributed by atoms with Crippen molar-refractivity contribution >= 4 is 12.1 Å². The maximum absolute atomic E-state index is 10.4. The van der Waals surface area contributed by atoms with E-state index in [1.54, 1.807) is 7.11 Å². The fourth-order valence-corrected chi connectivity index (χ4v) is 4.51. The molecule has 1 aromatic heterocycles. The van der Waals surface area contributed by atoms with Crippen molar-refractivity contribution in [2.24, 2.45) is 11.8 Å². The molecular weight excluding hydrogens is 470 g/mol. The summed E-state index contributed by atoms with van der Waals surface area (Å²) in [7, 11) is 3.85. The second kappa shape index (κ2) is 15.9. The van der Waals surface area contributed by atoms with Crippen LogP contribution in [0, 0.1) is 30.1 Å². The van der Waals surface area contributed by atoms with Crippen molar-refractivity contribution in [3.05, 3.63) is 17.8 Å². The third-order valence-electron chi connectivity index (χ3n) is 7.59. The van der Waals surface area contributed by atoms with Gasteiger partial charge in [0.15, 0.2) is 0 Å². The molecule has 1 saturated heterocycles. The Hall–Kier alpha value is -2.25. The number of hydrogen-bond acceptors (Lipinski definition) is 9. The Morgan fingerprint density at radius 2 is 1.97 bits per heavy atom. The van der Waals surface area contributed by atoms with Crippen molar-refractivity contribution in [3.63, 3.8) is 0 Å². The Bertz CT molecular complexity index is 857. The summed E-state index contributed by atoms with van der Waals surface area (Å²) in [6.07, 6.45) is 7.85. The first-order chi connectivity index (χ1) is 17.8. The molecule has 9 heteroatoms. The summed E-state index contributed by atoms with van der Waals surface area (Å²) < 4.78 is 10.6. The number of pyridine rings is 1. The highest BCUT2D eigenvalue weighted by Crippen LogP contribution is 2.33. The van der Waals surface area contributed by atoms with Crippen LogP contribution in [0.5, 0.6) is 5.75 Å². The maximum Gasteiger partial charge on any atom is 0.140 e. The first kappa shape index (κ1) is 31.0. The van der Waals surface area contributed by atoms with Crippen LogP contribution in [0.3, 0.4) is 0 Å². The Kier molecular flexibility index (Phi) is 13.3. The summed E-state index contributed by atoms with van der Waals surface area (Å²) in [5, 5.41) is 19.4. The number of nitriles is 1. The lowest BCUT2D eigenvalue weighted by molar-refractivity contribution is -0.113. The number of nitrogens with one attached hydrogen (secondary N) is 1. The number of aldehydes is 1. The standard InChI is InChI=1S/C15H25N3O2.C8H14O.C5H8N2O/c1-12-11-18(8-7-17(12)3)15-6-5-14(13(2)16-15)20-10-9-19-4;1-7-4-2-3-5-8(7)6-9;6-3-5(1-2-5)7-4-8/h5-6,12H,7-11H2,1-4H3;6-8H,2-5H2,1H3;7-8H,1-2,4H2/t;7-,8+;/m.1./s1. The summed E-state index contributed by atoms with van der Waals surface area (Å²) in [5.74, 6) is 2.91. The maximum atomic E-state index is 10.4. The second-order valence-corrected chi connectivity index (χ2v) is 10.5. The van der Waals surface area contributed by atoms with Gasteiger partial charge in [0.25, 0.3) is 0 Å². The molecule has 0 aromatic carbocycles. The summed E-state index contributed by atoms with van der Waals surface area (Å²) >= 11 is 0. The molecular formula is C28H47N5O4. The SMILES string of the molecule is COCCOc1ccc(N2CCN(C)C(C)C2)nc1C.C[C@@H]1CCCC[C@H]1C=O.N#CC1(NCO)CC1. The van der Waals surface area contributed by atoms with E-state index in [1.165, 1.54) is 19.3 Å². The highest BCUT2D eigenvalue weighted by molar-refractivity contribution is 5.54. The minimum atomic E-state index is -0.352. The van der Waals surface area contributed by atoms with E-state index in [1.807, 2.05) is 19.1 Å². The van der Waals surface area contributed by atoms with Crippen molar-refractivity contribution in [2.75, 3.05) is 58.6 Å². The van der Waals surface area contributed by atoms with Crippen LogP contribution < -0.4 is 15.0 Å². The Balaban J connectivity index is 0.000000232. The predicted molar refractivity (Wildman–Crippen MR) is 146 cm³/mol. The number of piperazine rings is 1. The predicted octanol–water partition coefficient (Wildman–Crippen LogP) is 3.15. The van der Waals surface area contributed by atoms with E-state index in [9.17, 15) is 4.79 Å². The molecule has 0 bridgehead atoms. The number of aromatic nitrogens is 1. The van der Waals surface area contributed by atoms with Crippen LogP contribution in [0.1, 0.15) is 58.1 Å². The molecule has 3 fully saturated rings. The lowest BCUT2D eigenvalue weighted by atomic mass is 9.81. The van der Waals surface area contributed by atoms with Crippen LogP contribution in [0.2, 0.25) is 0 Å². The van der Waals surface area contributed by atoms with E-state index < -0.39 is 0 Å². The van der Waals surface area contributed by atoms with Crippen molar-refractivity contribution in [1.29, 1.82) is 5.26 Å². The molecule has 0 spiro atoms. The third kappa shape index (κ3) is 10.2. The zero-order chi connectivity index (χ0) is 27.3. The normalized spacial score (nSPS) is 24.5. The Morgan fingerprint density at radius 1 is 1.24 bits per heavy atom. The largest absolute Gasteiger partial charge is 0.489 e. The second-order valence-electron chi connectivity index (χ2n) is 10.5. The topological polar surface area (TPSA) is 111 Å². The molecule has 0 radical (unpaired) electrons. The van der Waals surface area contributed by atoms with E-state index in [0.29, 0.717) is 31.1 Å². The monoisotopic (exact) mass is 517 g/mol. The number of ether oxygens (including phenoxy) is 2. The molecule has 2 N–H and O–H groups in total. The number of anilines is 1. The highest BCUT2D eigenvalue weighted by Gasteiger charge is 2.42. The molecule has 9 nitrogen and oxygen atoms in total. The van der Waals surface area contributed by atoms with Gasteiger partial charge in [-0.15, -0.1) is 0 Å². The van der Waals surface area contributed by atoms with Crippen molar-refractivity contribution in [1.82, 2.24) is 15.2 Å². The fraction of sp³-hybridized carbons (Fsp3) is 0.750. The number of aliphatic hydroxyl groups excluding tert-OH is 1. The zero-order valence-electron chi connectivity index (χ0n) is 23.4. The molecule has 1 unspecified atom stereocenters. The molecule has 3 atom stereocenters. The Morgan fingerprint density at radius 3 is 2.46 bits per heavy atom. The van der Waals surface area contributed by atoms with Gasteiger partial charge in [-0.1, -0.05) is 26.2 Å². The van der Waals surface area contributed by atoms with Gasteiger partial charge in [0.2, 0.25) is 0 Å². The highest BCUT2D eigenvalue weighted by atomic mass is 16.5. The van der Waals surface area contributed by atoms with E-state index in [4.69, 9.17) is 19.8 Å². The number of hydrogen-bond donors (Lipinski definition) is 2. The zero-order valence-corrected chi connectivity index (χ0v) is 23.4. The molecule has 2 saturated carbocycles. The number of carbonyl (C=O) groups excluding carboxylic acids is 1. The van der Waals surface area contributed by atoms with Gasteiger partial charge < -0.3 is 29.2 Å². The van der Waals surface area contributed by atoms with Gasteiger partial charge in [-0.05, 0) is 58.2 Å². The van der Waals surface area contributed by atoms with Crippen molar-refractivity contribution < 1.29 is 19.4 Å². The molecule has 2 aliphatic carbocycles. The smallest absolute Gasteiger partial charge is 0.140 e. The van der Waals surface area contributed by atoms with Gasteiger partial charge in [0.1, 0.15) is 30.0 Å². The number of nitrogens with zero attached hydrogens (tertiary/aromatic N) is 4. The lowest BCUT2D eigenvalue weighted by Gasteiger charge is -2.38. The van der Waals surface area contributed by atoms with Gasteiger partial charge in [-0.3, -0.25) is 5.32 Å². The van der Waals surface area contributed by atoms with E-state index in [2.05, 4.69) is 47.1 Å². The van der Waals surface area contributed by atoms with Crippen LogP contribution in [-0.4, -0.2) is 86.6 Å². The number of methoxy groups -OCH3 is 1.